The molecule has 2 unspecified atom stereocenters. The number of nitrogens with one attached hydrogen (secondary N) is 1. The average molecular weight is 238 g/mol. The fourth-order valence-corrected chi connectivity index (χ4v) is 3.17. The molecule has 2 fully saturated rings. The quantitative estimate of drug-likeness (QED) is 0.798. The molecular weight excluding hydrogens is 212 g/mol. The van der Waals surface area contributed by atoms with Crippen molar-refractivity contribution in [2.24, 2.45) is 5.92 Å². The van der Waals surface area contributed by atoms with Gasteiger partial charge in [0.05, 0.1) is 12.2 Å². The largest absolute Gasteiger partial charge is 0.320 e. The van der Waals surface area contributed by atoms with Gasteiger partial charge in [-0.3, -0.25) is 10.1 Å². The molecule has 0 aromatic carbocycles. The van der Waals surface area contributed by atoms with E-state index in [1.54, 1.807) is 0 Å². The van der Waals surface area contributed by atoms with Crippen LogP contribution < -0.4 is 5.32 Å². The summed E-state index contributed by atoms with van der Waals surface area (Å²) in [6.45, 7) is 8.78. The molecule has 3 heteroatoms. The summed E-state index contributed by atoms with van der Waals surface area (Å²) in [4.78, 5) is 14.7. The van der Waals surface area contributed by atoms with Gasteiger partial charge in [0.25, 0.3) is 0 Å². The minimum atomic E-state index is 0.0350. The number of carbonyl (C=O) groups is 1. The lowest BCUT2D eigenvalue weighted by atomic mass is 9.95. The third-order valence-corrected chi connectivity index (χ3v) is 4.40. The van der Waals surface area contributed by atoms with Gasteiger partial charge < -0.3 is 4.90 Å². The zero-order chi connectivity index (χ0) is 12.6. The summed E-state index contributed by atoms with van der Waals surface area (Å²) in [5.41, 5.74) is 0.0350. The van der Waals surface area contributed by atoms with Gasteiger partial charge in [0.15, 0.2) is 0 Å². The molecule has 0 aromatic heterocycles. The minimum absolute atomic E-state index is 0.0350. The van der Waals surface area contributed by atoms with Crippen LogP contribution in [0.3, 0.4) is 0 Å². The van der Waals surface area contributed by atoms with Gasteiger partial charge in [-0.2, -0.15) is 0 Å². The summed E-state index contributed by atoms with van der Waals surface area (Å²) in [6, 6.07) is 0.0583. The van der Waals surface area contributed by atoms with Crippen LogP contribution in [0.1, 0.15) is 59.8 Å². The average Bonchev–Trinajstić information content (AvgIpc) is 3.06. The van der Waals surface area contributed by atoms with Gasteiger partial charge in [0.1, 0.15) is 0 Å². The first-order chi connectivity index (χ1) is 8.02. The van der Waals surface area contributed by atoms with Crippen molar-refractivity contribution in [3.8, 4) is 0 Å². The van der Waals surface area contributed by atoms with E-state index in [1.165, 1.54) is 12.8 Å². The van der Waals surface area contributed by atoms with Gasteiger partial charge in [0, 0.05) is 5.54 Å². The van der Waals surface area contributed by atoms with Gasteiger partial charge in [-0.25, -0.2) is 0 Å². The Morgan fingerprint density at radius 1 is 1.35 bits per heavy atom. The summed E-state index contributed by atoms with van der Waals surface area (Å²) in [5.74, 6) is 1.04. The maximum Gasteiger partial charge on any atom is 0.241 e. The summed E-state index contributed by atoms with van der Waals surface area (Å²) < 4.78 is 0. The highest BCUT2D eigenvalue weighted by atomic mass is 16.2. The summed E-state index contributed by atoms with van der Waals surface area (Å²) in [6.07, 6.45) is 5.85. The van der Waals surface area contributed by atoms with Crippen molar-refractivity contribution < 1.29 is 4.79 Å². The molecule has 2 rings (SSSR count). The monoisotopic (exact) mass is 238 g/mol. The first kappa shape index (κ1) is 12.9. The van der Waals surface area contributed by atoms with Crippen LogP contribution in [0.5, 0.6) is 0 Å². The third kappa shape index (κ3) is 2.22. The smallest absolute Gasteiger partial charge is 0.241 e. The Morgan fingerprint density at radius 2 is 2.00 bits per heavy atom. The molecule has 1 amide bonds. The van der Waals surface area contributed by atoms with E-state index < -0.39 is 0 Å². The molecule has 3 nitrogen and oxygen atoms in total. The molecule has 2 atom stereocenters. The SMILES string of the molecule is CCCC1NC(CC)N(C(C)(C)C2CC2)C1=O. The fraction of sp³-hybridized carbons (Fsp3) is 0.929. The lowest BCUT2D eigenvalue weighted by Gasteiger charge is -2.39. The third-order valence-electron chi connectivity index (χ3n) is 4.40. The number of amides is 1. The molecule has 1 aliphatic carbocycles. The molecule has 1 N–H and O–H groups in total. The van der Waals surface area contributed by atoms with Crippen molar-refractivity contribution in [1.82, 2.24) is 10.2 Å². The van der Waals surface area contributed by atoms with Gasteiger partial charge in [-0.15, -0.1) is 0 Å². The van der Waals surface area contributed by atoms with Crippen molar-refractivity contribution in [3.63, 3.8) is 0 Å². The molecule has 2 aliphatic rings. The molecule has 1 aliphatic heterocycles. The number of nitrogens with zero attached hydrogens (tertiary/aromatic N) is 1. The van der Waals surface area contributed by atoms with Gasteiger partial charge in [-0.1, -0.05) is 20.3 Å². The van der Waals surface area contributed by atoms with Crippen LogP contribution in [-0.2, 0) is 4.79 Å². The highest BCUT2D eigenvalue weighted by molar-refractivity contribution is 5.85. The molecule has 1 saturated carbocycles. The van der Waals surface area contributed by atoms with Crippen LogP contribution in [0.4, 0.5) is 0 Å². The Bertz CT molecular complexity index is 297. The lowest BCUT2D eigenvalue weighted by molar-refractivity contribution is -0.136. The molecule has 0 spiro atoms. The van der Waals surface area contributed by atoms with E-state index in [4.69, 9.17) is 0 Å². The summed E-state index contributed by atoms with van der Waals surface area (Å²) in [5, 5.41) is 3.51. The van der Waals surface area contributed by atoms with Gasteiger partial charge in [-0.05, 0) is 45.4 Å². The minimum Gasteiger partial charge on any atom is -0.320 e. The maximum absolute atomic E-state index is 12.5. The van der Waals surface area contributed by atoms with Crippen LogP contribution in [0, 0.1) is 5.92 Å². The number of carbonyl (C=O) groups excluding carboxylic acids is 1. The number of rotatable bonds is 5. The van der Waals surface area contributed by atoms with Crippen molar-refractivity contribution in [1.29, 1.82) is 0 Å². The zero-order valence-corrected chi connectivity index (χ0v) is 11.6. The predicted molar refractivity (Wildman–Crippen MR) is 69.6 cm³/mol. The number of hydrogen-bond acceptors (Lipinski definition) is 2. The molecule has 1 heterocycles. The van der Waals surface area contributed by atoms with Crippen LogP contribution >= 0.6 is 0 Å². The Balaban J connectivity index is 2.16. The van der Waals surface area contributed by atoms with Gasteiger partial charge in [0.2, 0.25) is 5.91 Å². The van der Waals surface area contributed by atoms with Crippen molar-refractivity contribution in [2.45, 2.75) is 77.5 Å². The molecule has 0 bridgehead atoms. The zero-order valence-electron chi connectivity index (χ0n) is 11.6. The molecule has 0 radical (unpaired) electrons. The predicted octanol–water partition coefficient (Wildman–Crippen LogP) is 2.51. The lowest BCUT2D eigenvalue weighted by Crippen LogP contribution is -2.52. The van der Waals surface area contributed by atoms with E-state index in [0.717, 1.165) is 19.3 Å². The normalized spacial score (nSPS) is 30.1. The Labute approximate surface area is 105 Å². The fourth-order valence-electron chi connectivity index (χ4n) is 3.17. The van der Waals surface area contributed by atoms with E-state index in [-0.39, 0.29) is 17.7 Å². The van der Waals surface area contributed by atoms with Crippen LogP contribution in [0.15, 0.2) is 0 Å². The van der Waals surface area contributed by atoms with Crippen molar-refractivity contribution >= 4 is 5.91 Å². The second-order valence-electron chi connectivity index (χ2n) is 6.07. The second kappa shape index (κ2) is 4.60. The second-order valence-corrected chi connectivity index (χ2v) is 6.07. The Kier molecular flexibility index (Phi) is 3.48. The van der Waals surface area contributed by atoms with E-state index in [9.17, 15) is 4.79 Å². The molecule has 0 aromatic rings. The molecule has 98 valence electrons. The summed E-state index contributed by atoms with van der Waals surface area (Å²) in [7, 11) is 0. The highest BCUT2D eigenvalue weighted by Gasteiger charge is 2.50. The topological polar surface area (TPSA) is 32.3 Å². The van der Waals surface area contributed by atoms with Crippen LogP contribution in [0.25, 0.3) is 0 Å². The van der Waals surface area contributed by atoms with E-state index in [0.29, 0.717) is 11.8 Å². The Morgan fingerprint density at radius 3 is 2.47 bits per heavy atom. The van der Waals surface area contributed by atoms with Crippen molar-refractivity contribution in [2.75, 3.05) is 0 Å². The first-order valence-electron chi connectivity index (χ1n) is 7.11. The van der Waals surface area contributed by atoms with E-state index in [1.807, 2.05) is 0 Å². The van der Waals surface area contributed by atoms with Crippen LogP contribution in [-0.4, -0.2) is 28.6 Å². The molecule has 17 heavy (non-hydrogen) atoms. The van der Waals surface area contributed by atoms with Gasteiger partial charge >= 0.3 is 0 Å². The first-order valence-corrected chi connectivity index (χ1v) is 7.11. The van der Waals surface area contributed by atoms with E-state index in [2.05, 4.69) is 37.9 Å². The summed E-state index contributed by atoms with van der Waals surface area (Å²) >= 11 is 0. The standard InChI is InChI=1S/C14H26N2O/c1-5-7-11-13(17)16(12(6-2)15-11)14(3,4)10-8-9-10/h10-12,15H,5-9H2,1-4H3. The highest BCUT2D eigenvalue weighted by Crippen LogP contribution is 2.44. The van der Waals surface area contributed by atoms with Crippen molar-refractivity contribution in [3.05, 3.63) is 0 Å². The number of hydrogen-bond donors (Lipinski definition) is 1. The Hall–Kier alpha value is -0.570. The maximum atomic E-state index is 12.5. The molecule has 1 saturated heterocycles. The molecular formula is C14H26N2O. The van der Waals surface area contributed by atoms with E-state index >= 15 is 0 Å². The van der Waals surface area contributed by atoms with Crippen LogP contribution in [0.2, 0.25) is 0 Å².